The third kappa shape index (κ3) is 5.60. The quantitative estimate of drug-likeness (QED) is 0.468. The highest BCUT2D eigenvalue weighted by Gasteiger charge is 2.21. The van der Waals surface area contributed by atoms with Gasteiger partial charge in [-0.1, -0.05) is 50.2 Å². The number of unbranched alkanes of at least 4 members (excludes halogenated alkanes) is 1. The van der Waals surface area contributed by atoms with Gasteiger partial charge in [0.2, 0.25) is 5.82 Å². The fraction of sp³-hybridized carbons (Fsp3) is 0.462. The molecule has 29 heavy (non-hydrogen) atoms. The van der Waals surface area contributed by atoms with Crippen molar-refractivity contribution in [2.24, 2.45) is 5.92 Å². The molecule has 1 saturated carbocycles. The standard InChI is InChI=1S/C26H30F2O/c1-3-5-6-19-7-12-21(13-8-19)22-14-9-20(10-15-22)11-16-23-17-18-24(29-4-2)26(28)25(23)27/h9-10,14-15,17-19,21H,3-8,12-13H2,1-2H3/t19-,21-. The van der Waals surface area contributed by atoms with E-state index in [2.05, 4.69) is 30.9 Å². The number of hydrogen-bond acceptors (Lipinski definition) is 1. The molecule has 3 rings (SSSR count). The van der Waals surface area contributed by atoms with E-state index in [9.17, 15) is 8.78 Å². The Morgan fingerprint density at radius 1 is 0.897 bits per heavy atom. The first-order chi connectivity index (χ1) is 14.1. The van der Waals surface area contributed by atoms with Gasteiger partial charge in [0.05, 0.1) is 12.2 Å². The first kappa shape index (κ1) is 21.4. The highest BCUT2D eigenvalue weighted by molar-refractivity contribution is 5.46. The van der Waals surface area contributed by atoms with Crippen LogP contribution in [0.3, 0.4) is 0 Å². The molecule has 0 atom stereocenters. The molecule has 0 aliphatic heterocycles. The Balaban J connectivity index is 1.63. The molecular weight excluding hydrogens is 366 g/mol. The second kappa shape index (κ2) is 10.4. The molecule has 0 saturated heterocycles. The predicted octanol–water partition coefficient (Wildman–Crippen LogP) is 7.23. The van der Waals surface area contributed by atoms with Crippen LogP contribution in [0.2, 0.25) is 0 Å². The van der Waals surface area contributed by atoms with Gasteiger partial charge < -0.3 is 4.74 Å². The molecule has 0 spiro atoms. The van der Waals surface area contributed by atoms with Crippen LogP contribution in [0.1, 0.15) is 81.4 Å². The topological polar surface area (TPSA) is 9.23 Å². The Morgan fingerprint density at radius 2 is 1.62 bits per heavy atom. The molecular formula is C26H30F2O. The summed E-state index contributed by atoms with van der Waals surface area (Å²) in [4.78, 5) is 0. The molecule has 154 valence electrons. The zero-order valence-corrected chi connectivity index (χ0v) is 17.4. The van der Waals surface area contributed by atoms with Gasteiger partial charge in [-0.25, -0.2) is 4.39 Å². The molecule has 2 aromatic carbocycles. The van der Waals surface area contributed by atoms with Crippen molar-refractivity contribution < 1.29 is 13.5 Å². The van der Waals surface area contributed by atoms with Crippen LogP contribution in [-0.2, 0) is 0 Å². The minimum Gasteiger partial charge on any atom is -0.491 e. The Kier molecular flexibility index (Phi) is 7.69. The molecule has 1 aliphatic rings. The van der Waals surface area contributed by atoms with E-state index in [0.29, 0.717) is 5.92 Å². The lowest BCUT2D eigenvalue weighted by molar-refractivity contribution is 0.304. The molecule has 2 aromatic rings. The summed E-state index contributed by atoms with van der Waals surface area (Å²) in [5.74, 6) is 5.20. The maximum absolute atomic E-state index is 14.1. The minimum absolute atomic E-state index is 0.0421. The third-order valence-corrected chi connectivity index (χ3v) is 5.88. The van der Waals surface area contributed by atoms with Crippen molar-refractivity contribution in [1.29, 1.82) is 0 Å². The smallest absolute Gasteiger partial charge is 0.201 e. The highest BCUT2D eigenvalue weighted by Crippen LogP contribution is 2.37. The molecule has 3 heteroatoms. The minimum atomic E-state index is -0.983. The highest BCUT2D eigenvalue weighted by atomic mass is 19.2. The Bertz CT molecular complexity index is 853. The van der Waals surface area contributed by atoms with Gasteiger partial charge in [-0.15, -0.1) is 0 Å². The summed E-state index contributed by atoms with van der Waals surface area (Å²) in [5.41, 5.74) is 2.21. The SMILES string of the molecule is CCCC[C@H]1CC[C@H](c2ccc(C#Cc3ccc(OCC)c(F)c3F)cc2)CC1. The molecule has 1 aliphatic carbocycles. The predicted molar refractivity (Wildman–Crippen MR) is 114 cm³/mol. The third-order valence-electron chi connectivity index (χ3n) is 5.88. The molecule has 0 heterocycles. The molecule has 0 unspecified atom stereocenters. The van der Waals surface area contributed by atoms with Crippen molar-refractivity contribution >= 4 is 0 Å². The zero-order valence-electron chi connectivity index (χ0n) is 17.4. The van der Waals surface area contributed by atoms with Crippen LogP contribution < -0.4 is 4.74 Å². The number of rotatable bonds is 6. The molecule has 0 bridgehead atoms. The van der Waals surface area contributed by atoms with E-state index in [1.165, 1.54) is 62.6 Å². The number of ether oxygens (including phenoxy) is 1. The number of halogens is 2. The van der Waals surface area contributed by atoms with Crippen molar-refractivity contribution in [2.45, 2.75) is 64.7 Å². The summed E-state index contributed by atoms with van der Waals surface area (Å²) < 4.78 is 33.2. The largest absolute Gasteiger partial charge is 0.491 e. The van der Waals surface area contributed by atoms with E-state index >= 15 is 0 Å². The Hall–Kier alpha value is -2.34. The lowest BCUT2D eigenvalue weighted by atomic mass is 9.77. The van der Waals surface area contributed by atoms with Crippen LogP contribution >= 0.6 is 0 Å². The van der Waals surface area contributed by atoms with Crippen LogP contribution in [0.5, 0.6) is 5.75 Å². The first-order valence-corrected chi connectivity index (χ1v) is 10.8. The average Bonchev–Trinajstić information content (AvgIpc) is 2.76. The van der Waals surface area contributed by atoms with Gasteiger partial charge in [0, 0.05) is 5.56 Å². The second-order valence-electron chi connectivity index (χ2n) is 7.90. The van der Waals surface area contributed by atoms with Crippen LogP contribution in [0.4, 0.5) is 8.78 Å². The van der Waals surface area contributed by atoms with E-state index < -0.39 is 11.6 Å². The maximum atomic E-state index is 14.1. The van der Waals surface area contributed by atoms with Crippen molar-refractivity contribution in [3.8, 4) is 17.6 Å². The van der Waals surface area contributed by atoms with Crippen molar-refractivity contribution in [3.63, 3.8) is 0 Å². The summed E-state index contributed by atoms with van der Waals surface area (Å²) in [6.45, 7) is 4.28. The van der Waals surface area contributed by atoms with Crippen LogP contribution in [0, 0.1) is 29.4 Å². The summed E-state index contributed by atoms with van der Waals surface area (Å²) in [6, 6.07) is 11.1. The number of hydrogen-bond donors (Lipinski definition) is 0. The monoisotopic (exact) mass is 396 g/mol. The van der Waals surface area contributed by atoms with Crippen LogP contribution in [0.15, 0.2) is 36.4 Å². The second-order valence-corrected chi connectivity index (χ2v) is 7.90. The van der Waals surface area contributed by atoms with E-state index in [-0.39, 0.29) is 17.9 Å². The van der Waals surface area contributed by atoms with E-state index in [0.717, 1.165) is 11.5 Å². The Labute approximate surface area is 173 Å². The zero-order chi connectivity index (χ0) is 20.6. The van der Waals surface area contributed by atoms with Crippen molar-refractivity contribution in [3.05, 3.63) is 64.7 Å². The molecule has 1 nitrogen and oxygen atoms in total. The summed E-state index contributed by atoms with van der Waals surface area (Å²) >= 11 is 0. The van der Waals surface area contributed by atoms with Crippen LogP contribution in [0.25, 0.3) is 0 Å². The van der Waals surface area contributed by atoms with Gasteiger partial charge in [-0.3, -0.25) is 0 Å². The normalized spacial score (nSPS) is 18.8. The van der Waals surface area contributed by atoms with Gasteiger partial charge in [-0.05, 0) is 74.3 Å². The van der Waals surface area contributed by atoms with E-state index in [4.69, 9.17) is 4.74 Å². The molecule has 0 radical (unpaired) electrons. The van der Waals surface area contributed by atoms with Gasteiger partial charge >= 0.3 is 0 Å². The first-order valence-electron chi connectivity index (χ1n) is 10.8. The van der Waals surface area contributed by atoms with Gasteiger partial charge in [0.25, 0.3) is 0 Å². The number of benzene rings is 2. The molecule has 0 aromatic heterocycles. The van der Waals surface area contributed by atoms with Crippen molar-refractivity contribution in [2.75, 3.05) is 6.61 Å². The van der Waals surface area contributed by atoms with Gasteiger partial charge in [-0.2, -0.15) is 4.39 Å². The van der Waals surface area contributed by atoms with Crippen LogP contribution in [-0.4, -0.2) is 6.61 Å². The van der Waals surface area contributed by atoms with E-state index in [1.807, 2.05) is 12.1 Å². The van der Waals surface area contributed by atoms with Gasteiger partial charge in [0.1, 0.15) is 0 Å². The fourth-order valence-electron chi connectivity index (χ4n) is 4.15. The lowest BCUT2D eigenvalue weighted by Crippen LogP contribution is -2.13. The average molecular weight is 397 g/mol. The molecule has 0 N–H and O–H groups in total. The molecule has 0 amide bonds. The summed E-state index contributed by atoms with van der Waals surface area (Å²) in [7, 11) is 0. The van der Waals surface area contributed by atoms with Gasteiger partial charge in [0.15, 0.2) is 11.6 Å². The maximum Gasteiger partial charge on any atom is 0.201 e. The fourth-order valence-corrected chi connectivity index (χ4v) is 4.15. The van der Waals surface area contributed by atoms with E-state index in [1.54, 1.807) is 6.92 Å². The lowest BCUT2D eigenvalue weighted by Gasteiger charge is -2.28. The summed E-state index contributed by atoms with van der Waals surface area (Å²) in [5, 5.41) is 0. The summed E-state index contributed by atoms with van der Waals surface area (Å²) in [6.07, 6.45) is 9.19. The molecule has 1 fully saturated rings. The van der Waals surface area contributed by atoms with Crippen molar-refractivity contribution in [1.82, 2.24) is 0 Å². The Morgan fingerprint density at radius 3 is 2.28 bits per heavy atom.